The van der Waals surface area contributed by atoms with Crippen LogP contribution < -0.4 is 0 Å². The Hall–Kier alpha value is -2.64. The highest BCUT2D eigenvalue weighted by Crippen LogP contribution is 2.31. The van der Waals surface area contributed by atoms with Gasteiger partial charge in [-0.05, 0) is 47.5 Å². The van der Waals surface area contributed by atoms with Crippen LogP contribution in [0.2, 0.25) is 9.36 Å². The molecular weight excluding hydrogens is 455 g/mol. The monoisotopic (exact) mass is 472 g/mol. The summed E-state index contributed by atoms with van der Waals surface area (Å²) in [5, 5.41) is 9.79. The zero-order valence-electron chi connectivity index (χ0n) is 16.3. The van der Waals surface area contributed by atoms with Gasteiger partial charge in [0.25, 0.3) is 0 Å². The molecule has 0 atom stereocenters. The van der Waals surface area contributed by atoms with E-state index in [1.807, 2.05) is 59.3 Å². The molecule has 0 spiro atoms. The number of hydrogen-bond acceptors (Lipinski definition) is 4. The number of aromatic carboxylic acids is 1. The van der Waals surface area contributed by atoms with Crippen molar-refractivity contribution < 1.29 is 14.6 Å². The first kappa shape index (κ1) is 21.6. The van der Waals surface area contributed by atoms with Crippen molar-refractivity contribution in [2.45, 2.75) is 19.8 Å². The lowest BCUT2D eigenvalue weighted by molar-refractivity contribution is 0.0697. The summed E-state index contributed by atoms with van der Waals surface area (Å²) in [6.45, 7) is 1.37. The van der Waals surface area contributed by atoms with E-state index in [0.717, 1.165) is 27.5 Å². The van der Waals surface area contributed by atoms with E-state index in [1.165, 1.54) is 11.3 Å². The normalized spacial score (nSPS) is 11.0. The SMILES string of the molecule is O=C(O)c1ccc(Cn2cc(COCc3ccc(Cl)cc3)nc2-c2ccc(Cl)s2)cc1. The molecule has 0 aliphatic heterocycles. The van der Waals surface area contributed by atoms with Crippen molar-refractivity contribution in [2.24, 2.45) is 0 Å². The first-order valence-corrected chi connectivity index (χ1v) is 11.0. The quantitative estimate of drug-likeness (QED) is 0.323. The van der Waals surface area contributed by atoms with E-state index >= 15 is 0 Å². The molecular formula is C23H18Cl2N2O3S. The van der Waals surface area contributed by atoms with Gasteiger partial charge in [-0.3, -0.25) is 0 Å². The second-order valence-corrected chi connectivity index (χ2v) is 9.06. The van der Waals surface area contributed by atoms with E-state index < -0.39 is 5.97 Å². The third-order valence-electron chi connectivity index (χ3n) is 4.61. The standard InChI is InChI=1S/C23H18Cl2N2O3S/c24-18-7-3-16(4-8-18)13-30-14-19-12-27(22(26-19)20-9-10-21(25)31-20)11-15-1-5-17(6-2-15)23(28)29/h1-10,12H,11,13-14H2,(H,28,29). The topological polar surface area (TPSA) is 64.3 Å². The minimum absolute atomic E-state index is 0.260. The van der Waals surface area contributed by atoms with Gasteiger partial charge in [0.15, 0.2) is 5.82 Å². The molecule has 0 aliphatic carbocycles. The van der Waals surface area contributed by atoms with Crippen molar-refractivity contribution in [2.75, 3.05) is 0 Å². The van der Waals surface area contributed by atoms with Crippen LogP contribution >= 0.6 is 34.5 Å². The Balaban J connectivity index is 1.52. The van der Waals surface area contributed by atoms with Gasteiger partial charge in [-0.2, -0.15) is 0 Å². The van der Waals surface area contributed by atoms with Crippen LogP contribution in [0.3, 0.4) is 0 Å². The maximum Gasteiger partial charge on any atom is 0.335 e. The van der Waals surface area contributed by atoms with Gasteiger partial charge in [0.2, 0.25) is 0 Å². The molecule has 2 aromatic carbocycles. The molecule has 0 saturated carbocycles. The molecule has 8 heteroatoms. The summed E-state index contributed by atoms with van der Waals surface area (Å²) >= 11 is 13.5. The molecule has 4 rings (SSSR count). The lowest BCUT2D eigenvalue weighted by atomic mass is 10.1. The summed E-state index contributed by atoms with van der Waals surface area (Å²) in [6.07, 6.45) is 1.95. The second-order valence-electron chi connectivity index (χ2n) is 6.91. The lowest BCUT2D eigenvalue weighted by Gasteiger charge is -2.07. The number of carboxylic acid groups (broad SMARTS) is 1. The molecule has 2 heterocycles. The van der Waals surface area contributed by atoms with Crippen molar-refractivity contribution in [3.05, 3.63) is 98.6 Å². The molecule has 0 saturated heterocycles. The van der Waals surface area contributed by atoms with Crippen molar-refractivity contribution in [1.82, 2.24) is 9.55 Å². The zero-order valence-corrected chi connectivity index (χ0v) is 18.6. The lowest BCUT2D eigenvalue weighted by Crippen LogP contribution is -2.02. The fraction of sp³-hybridized carbons (Fsp3) is 0.130. The van der Waals surface area contributed by atoms with Gasteiger partial charge in [0.05, 0.1) is 33.7 Å². The molecule has 158 valence electrons. The van der Waals surface area contributed by atoms with Gasteiger partial charge < -0.3 is 14.4 Å². The van der Waals surface area contributed by atoms with Gasteiger partial charge >= 0.3 is 5.97 Å². The van der Waals surface area contributed by atoms with Crippen molar-refractivity contribution in [3.8, 4) is 10.7 Å². The summed E-state index contributed by atoms with van der Waals surface area (Å²) in [7, 11) is 0. The minimum atomic E-state index is -0.941. The van der Waals surface area contributed by atoms with Crippen LogP contribution in [0, 0.1) is 0 Å². The molecule has 5 nitrogen and oxygen atoms in total. The molecule has 0 amide bonds. The summed E-state index contributed by atoms with van der Waals surface area (Å²) in [4.78, 5) is 16.8. The molecule has 0 radical (unpaired) electrons. The van der Waals surface area contributed by atoms with Crippen LogP contribution in [0.5, 0.6) is 0 Å². The number of nitrogens with zero attached hydrogens (tertiary/aromatic N) is 2. The summed E-state index contributed by atoms with van der Waals surface area (Å²) < 4.78 is 8.56. The molecule has 0 fully saturated rings. The molecule has 31 heavy (non-hydrogen) atoms. The molecule has 0 aliphatic rings. The van der Waals surface area contributed by atoms with Crippen molar-refractivity contribution >= 4 is 40.5 Å². The van der Waals surface area contributed by atoms with Crippen LogP contribution in [-0.2, 0) is 24.5 Å². The molecule has 2 aromatic heterocycles. The van der Waals surface area contributed by atoms with E-state index in [1.54, 1.807) is 12.1 Å². The highest BCUT2D eigenvalue weighted by Gasteiger charge is 2.14. The van der Waals surface area contributed by atoms with Crippen molar-refractivity contribution in [3.63, 3.8) is 0 Å². The van der Waals surface area contributed by atoms with E-state index in [2.05, 4.69) is 0 Å². The third kappa shape index (κ3) is 5.54. The molecule has 0 unspecified atom stereocenters. The van der Waals surface area contributed by atoms with Gasteiger partial charge in [-0.25, -0.2) is 9.78 Å². The van der Waals surface area contributed by atoms with E-state index in [9.17, 15) is 4.79 Å². The second kappa shape index (κ2) is 9.66. The predicted octanol–water partition coefficient (Wildman–Crippen LogP) is 6.38. The van der Waals surface area contributed by atoms with Crippen LogP contribution in [0.4, 0.5) is 0 Å². The average Bonchev–Trinajstić information content (AvgIpc) is 3.36. The van der Waals surface area contributed by atoms with Gasteiger partial charge in [-0.1, -0.05) is 47.5 Å². The Morgan fingerprint density at radius 2 is 1.68 bits per heavy atom. The molecule has 1 N–H and O–H groups in total. The minimum Gasteiger partial charge on any atom is -0.478 e. The van der Waals surface area contributed by atoms with E-state index in [4.69, 9.17) is 38.0 Å². The first-order valence-electron chi connectivity index (χ1n) is 9.44. The zero-order chi connectivity index (χ0) is 21.8. The van der Waals surface area contributed by atoms with Crippen LogP contribution in [0.15, 0.2) is 66.9 Å². The van der Waals surface area contributed by atoms with Gasteiger partial charge in [0, 0.05) is 17.8 Å². The van der Waals surface area contributed by atoms with Crippen LogP contribution in [-0.4, -0.2) is 20.6 Å². The number of hydrogen-bond donors (Lipinski definition) is 1. The summed E-state index contributed by atoms with van der Waals surface area (Å²) in [5.41, 5.74) is 3.07. The van der Waals surface area contributed by atoms with E-state index in [-0.39, 0.29) is 5.56 Å². The Kier molecular flexibility index (Phi) is 6.73. The highest BCUT2D eigenvalue weighted by molar-refractivity contribution is 7.19. The maximum absolute atomic E-state index is 11.1. The number of aromatic nitrogens is 2. The fourth-order valence-corrected chi connectivity index (χ4v) is 4.27. The summed E-state index contributed by atoms with van der Waals surface area (Å²) in [5.74, 6) is -0.146. The largest absolute Gasteiger partial charge is 0.478 e. The smallest absolute Gasteiger partial charge is 0.335 e. The average molecular weight is 473 g/mol. The summed E-state index contributed by atoms with van der Waals surface area (Å²) in [6, 6.07) is 18.2. The Labute approximate surface area is 193 Å². The van der Waals surface area contributed by atoms with Gasteiger partial charge in [0.1, 0.15) is 0 Å². The Morgan fingerprint density at radius 1 is 0.968 bits per heavy atom. The highest BCUT2D eigenvalue weighted by atomic mass is 35.5. The number of halogens is 2. The Bertz CT molecular complexity index is 1180. The number of carbonyl (C=O) groups is 1. The number of carboxylic acids is 1. The van der Waals surface area contributed by atoms with Crippen LogP contribution in [0.25, 0.3) is 10.7 Å². The van der Waals surface area contributed by atoms with Crippen LogP contribution in [0.1, 0.15) is 27.2 Å². The molecule has 4 aromatic rings. The molecule has 0 bridgehead atoms. The third-order valence-corrected chi connectivity index (χ3v) is 6.08. The number of imidazole rings is 1. The fourth-order valence-electron chi connectivity index (χ4n) is 3.09. The van der Waals surface area contributed by atoms with Crippen molar-refractivity contribution in [1.29, 1.82) is 0 Å². The first-order chi connectivity index (χ1) is 15.0. The Morgan fingerprint density at radius 3 is 2.32 bits per heavy atom. The number of rotatable bonds is 8. The maximum atomic E-state index is 11.1. The predicted molar refractivity (Wildman–Crippen MR) is 123 cm³/mol. The van der Waals surface area contributed by atoms with Gasteiger partial charge in [-0.15, -0.1) is 11.3 Å². The van der Waals surface area contributed by atoms with E-state index in [0.29, 0.717) is 29.1 Å². The number of thiophene rings is 1. The number of benzene rings is 2. The number of ether oxygens (including phenoxy) is 1.